The zero-order valence-corrected chi connectivity index (χ0v) is 10.3. The average Bonchev–Trinajstić information content (AvgIpc) is 2.25. The summed E-state index contributed by atoms with van der Waals surface area (Å²) in [6.07, 6.45) is 0. The summed E-state index contributed by atoms with van der Waals surface area (Å²) >= 11 is 7.59. The molecule has 2 nitrogen and oxygen atoms in total. The maximum absolute atomic E-state index is 8.99. The summed E-state index contributed by atoms with van der Waals surface area (Å²) in [7, 11) is 0. The van der Waals surface area contributed by atoms with Crippen LogP contribution in [-0.4, -0.2) is 23.5 Å². The van der Waals surface area contributed by atoms with E-state index in [1.165, 1.54) is 0 Å². The maximum Gasteiger partial charge on any atom is 0.0547 e. The smallest absolute Gasteiger partial charge is 0.0547 e. The maximum atomic E-state index is 8.99. The Bertz CT molecular complexity index is 308. The summed E-state index contributed by atoms with van der Waals surface area (Å²) in [5.74, 6) is 0. The van der Waals surface area contributed by atoms with Crippen LogP contribution in [0.5, 0.6) is 0 Å². The number of nitrogens with two attached hydrogens (primary N) is 1. The van der Waals surface area contributed by atoms with E-state index in [1.54, 1.807) is 11.8 Å². The fourth-order valence-electron chi connectivity index (χ4n) is 1.30. The summed E-state index contributed by atoms with van der Waals surface area (Å²) in [4.78, 5) is 0. The molecule has 0 aromatic heterocycles. The first kappa shape index (κ1) is 12.8. The molecule has 15 heavy (non-hydrogen) atoms. The first-order valence-corrected chi connectivity index (χ1v) is 6.21. The molecule has 3 N–H and O–H groups in total. The number of hydrogen-bond acceptors (Lipinski definition) is 3. The molecule has 84 valence electrons. The topological polar surface area (TPSA) is 46.2 Å². The van der Waals surface area contributed by atoms with Crippen molar-refractivity contribution in [2.24, 2.45) is 5.73 Å². The molecule has 4 heteroatoms. The van der Waals surface area contributed by atoms with Crippen molar-refractivity contribution in [3.63, 3.8) is 0 Å². The summed E-state index contributed by atoms with van der Waals surface area (Å²) in [5, 5.41) is 10.1. The molecule has 0 heterocycles. The third-order valence-electron chi connectivity index (χ3n) is 2.09. The molecule has 0 radical (unpaired) electrons. The van der Waals surface area contributed by atoms with Crippen LogP contribution < -0.4 is 5.73 Å². The molecule has 0 amide bonds. The largest absolute Gasteiger partial charge is 0.395 e. The lowest BCUT2D eigenvalue weighted by Gasteiger charge is -2.18. The van der Waals surface area contributed by atoms with Gasteiger partial charge in [-0.3, -0.25) is 0 Å². The SMILES string of the molecule is CC(CO)SC(CN)c1cccc(Cl)c1. The highest BCUT2D eigenvalue weighted by molar-refractivity contribution is 8.00. The zero-order valence-electron chi connectivity index (χ0n) is 8.69. The number of rotatable bonds is 5. The normalized spacial score (nSPS) is 14.9. The minimum Gasteiger partial charge on any atom is -0.395 e. The van der Waals surface area contributed by atoms with E-state index >= 15 is 0 Å². The molecule has 0 bridgehead atoms. The van der Waals surface area contributed by atoms with Crippen LogP contribution in [0.2, 0.25) is 5.02 Å². The Labute approximate surface area is 99.8 Å². The summed E-state index contributed by atoms with van der Waals surface area (Å²) in [6, 6.07) is 7.71. The molecule has 0 aliphatic carbocycles. The Morgan fingerprint density at radius 2 is 2.27 bits per heavy atom. The second-order valence-corrected chi connectivity index (χ2v) is 5.49. The van der Waals surface area contributed by atoms with E-state index < -0.39 is 0 Å². The fraction of sp³-hybridized carbons (Fsp3) is 0.455. The lowest BCUT2D eigenvalue weighted by atomic mass is 10.1. The second-order valence-electron chi connectivity index (χ2n) is 3.41. The van der Waals surface area contributed by atoms with Gasteiger partial charge in [-0.05, 0) is 17.7 Å². The molecule has 2 atom stereocenters. The number of thioether (sulfide) groups is 1. The lowest BCUT2D eigenvalue weighted by molar-refractivity contribution is 0.300. The average molecular weight is 246 g/mol. The zero-order chi connectivity index (χ0) is 11.3. The summed E-state index contributed by atoms with van der Waals surface area (Å²) in [6.45, 7) is 2.70. The summed E-state index contributed by atoms with van der Waals surface area (Å²) < 4.78 is 0. The van der Waals surface area contributed by atoms with E-state index in [0.717, 1.165) is 10.6 Å². The van der Waals surface area contributed by atoms with Crippen molar-refractivity contribution >= 4 is 23.4 Å². The van der Waals surface area contributed by atoms with E-state index in [0.29, 0.717) is 6.54 Å². The van der Waals surface area contributed by atoms with Crippen LogP contribution in [0.4, 0.5) is 0 Å². The molecule has 0 aliphatic rings. The van der Waals surface area contributed by atoms with E-state index in [9.17, 15) is 0 Å². The van der Waals surface area contributed by atoms with Gasteiger partial charge in [-0.2, -0.15) is 0 Å². The Balaban J connectivity index is 2.73. The van der Waals surface area contributed by atoms with Crippen LogP contribution in [0, 0.1) is 0 Å². The molecule has 1 rings (SSSR count). The van der Waals surface area contributed by atoms with Gasteiger partial charge in [-0.1, -0.05) is 30.7 Å². The highest BCUT2D eigenvalue weighted by Gasteiger charge is 2.14. The standard InChI is InChI=1S/C11H16ClNOS/c1-8(7-14)15-11(6-13)9-3-2-4-10(12)5-9/h2-5,8,11,14H,6-7,13H2,1H3. The first-order valence-electron chi connectivity index (χ1n) is 4.89. The number of aliphatic hydroxyl groups is 1. The predicted octanol–water partition coefficient (Wildman–Crippen LogP) is 2.45. The highest BCUT2D eigenvalue weighted by atomic mass is 35.5. The fourth-order valence-corrected chi connectivity index (χ4v) is 2.56. The van der Waals surface area contributed by atoms with Crippen molar-refractivity contribution in [1.29, 1.82) is 0 Å². The van der Waals surface area contributed by atoms with E-state index in [2.05, 4.69) is 0 Å². The van der Waals surface area contributed by atoms with Gasteiger partial charge in [0.1, 0.15) is 0 Å². The molecular formula is C11H16ClNOS. The van der Waals surface area contributed by atoms with Gasteiger partial charge in [0.05, 0.1) is 6.61 Å². The molecule has 1 aromatic rings. The Kier molecular flexibility index (Phi) is 5.47. The van der Waals surface area contributed by atoms with Crippen molar-refractivity contribution < 1.29 is 5.11 Å². The van der Waals surface area contributed by atoms with Crippen molar-refractivity contribution in [2.45, 2.75) is 17.4 Å². The highest BCUT2D eigenvalue weighted by Crippen LogP contribution is 2.32. The minimum absolute atomic E-state index is 0.168. The van der Waals surface area contributed by atoms with Crippen LogP contribution in [-0.2, 0) is 0 Å². The molecule has 0 saturated carbocycles. The van der Waals surface area contributed by atoms with Crippen LogP contribution >= 0.6 is 23.4 Å². The monoisotopic (exact) mass is 245 g/mol. The molecule has 0 fully saturated rings. The van der Waals surface area contributed by atoms with Gasteiger partial charge >= 0.3 is 0 Å². The minimum atomic E-state index is 0.168. The van der Waals surface area contributed by atoms with Crippen molar-refractivity contribution in [3.8, 4) is 0 Å². The van der Waals surface area contributed by atoms with E-state index in [1.807, 2.05) is 31.2 Å². The number of benzene rings is 1. The van der Waals surface area contributed by atoms with Gasteiger partial charge in [0, 0.05) is 22.1 Å². The second kappa shape index (κ2) is 6.38. The van der Waals surface area contributed by atoms with Crippen molar-refractivity contribution in [1.82, 2.24) is 0 Å². The first-order chi connectivity index (χ1) is 7.17. The Hall–Kier alpha value is -0.220. The van der Waals surface area contributed by atoms with Crippen LogP contribution in [0.1, 0.15) is 17.7 Å². The quantitative estimate of drug-likeness (QED) is 0.838. The van der Waals surface area contributed by atoms with Gasteiger partial charge in [-0.15, -0.1) is 11.8 Å². The van der Waals surface area contributed by atoms with Gasteiger partial charge in [-0.25, -0.2) is 0 Å². The third-order valence-corrected chi connectivity index (χ3v) is 3.73. The Morgan fingerprint density at radius 1 is 1.53 bits per heavy atom. The number of halogens is 1. The van der Waals surface area contributed by atoms with Crippen molar-refractivity contribution in [3.05, 3.63) is 34.9 Å². The van der Waals surface area contributed by atoms with Crippen LogP contribution in [0.3, 0.4) is 0 Å². The molecule has 0 aliphatic heterocycles. The molecule has 2 unspecified atom stereocenters. The molecule has 0 saturated heterocycles. The van der Waals surface area contributed by atoms with Gasteiger partial charge in [0.15, 0.2) is 0 Å². The lowest BCUT2D eigenvalue weighted by Crippen LogP contribution is -2.14. The summed E-state index contributed by atoms with van der Waals surface area (Å²) in [5.41, 5.74) is 6.83. The van der Waals surface area contributed by atoms with E-state index in [4.69, 9.17) is 22.4 Å². The van der Waals surface area contributed by atoms with Gasteiger partial charge < -0.3 is 10.8 Å². The van der Waals surface area contributed by atoms with Crippen molar-refractivity contribution in [2.75, 3.05) is 13.2 Å². The number of hydrogen-bond donors (Lipinski definition) is 2. The molecule has 0 spiro atoms. The molecular weight excluding hydrogens is 230 g/mol. The van der Waals surface area contributed by atoms with Gasteiger partial charge in [0.25, 0.3) is 0 Å². The third kappa shape index (κ3) is 4.03. The Morgan fingerprint density at radius 3 is 2.80 bits per heavy atom. The van der Waals surface area contributed by atoms with Gasteiger partial charge in [0.2, 0.25) is 0 Å². The molecule has 1 aromatic carbocycles. The van der Waals surface area contributed by atoms with E-state index in [-0.39, 0.29) is 17.1 Å². The van der Waals surface area contributed by atoms with Crippen LogP contribution in [0.15, 0.2) is 24.3 Å². The number of aliphatic hydroxyl groups excluding tert-OH is 1. The van der Waals surface area contributed by atoms with Crippen LogP contribution in [0.25, 0.3) is 0 Å². The predicted molar refractivity (Wildman–Crippen MR) is 67.4 cm³/mol.